The van der Waals surface area contributed by atoms with E-state index in [1.54, 1.807) is 0 Å². The molecule has 0 N–H and O–H groups in total. The number of hydrogen-bond donors (Lipinski definition) is 0. The van der Waals surface area contributed by atoms with Gasteiger partial charge >= 0.3 is 0 Å². The first kappa shape index (κ1) is 12.9. The third-order valence-electron chi connectivity index (χ3n) is 4.66. The van der Waals surface area contributed by atoms with E-state index in [0.29, 0.717) is 6.54 Å². The van der Waals surface area contributed by atoms with Crippen LogP contribution in [-0.4, -0.2) is 30.3 Å². The number of piperidine rings is 1. The lowest BCUT2D eigenvalue weighted by atomic mass is 9.78. The Morgan fingerprint density at radius 3 is 2.42 bits per heavy atom. The summed E-state index contributed by atoms with van der Waals surface area (Å²) in [6, 6.07) is 7.97. The highest BCUT2D eigenvalue weighted by Crippen LogP contribution is 2.34. The van der Waals surface area contributed by atoms with Gasteiger partial charge in [-0.1, -0.05) is 36.2 Å². The normalized spacial score (nSPS) is 27.2. The molecule has 0 radical (unpaired) electrons. The Morgan fingerprint density at radius 2 is 1.79 bits per heavy atom. The minimum atomic E-state index is 0.278. The van der Waals surface area contributed by atoms with Crippen LogP contribution in [0.3, 0.4) is 0 Å². The molecule has 102 valence electrons. The van der Waals surface area contributed by atoms with E-state index >= 15 is 0 Å². The summed E-state index contributed by atoms with van der Waals surface area (Å²) < 4.78 is 0. The Hall–Kier alpha value is -1.15. The van der Waals surface area contributed by atoms with E-state index in [4.69, 9.17) is 0 Å². The summed E-state index contributed by atoms with van der Waals surface area (Å²) in [6.07, 6.45) is 5.53. The second-order valence-electron chi connectivity index (χ2n) is 6.38. The van der Waals surface area contributed by atoms with Gasteiger partial charge in [0.1, 0.15) is 0 Å². The summed E-state index contributed by atoms with van der Waals surface area (Å²) in [7, 11) is 0. The third kappa shape index (κ3) is 3.06. The van der Waals surface area contributed by atoms with Crippen molar-refractivity contribution in [3.8, 4) is 0 Å². The average molecular weight is 257 g/mol. The van der Waals surface area contributed by atoms with E-state index < -0.39 is 0 Å². The molecule has 2 fully saturated rings. The monoisotopic (exact) mass is 257 g/mol. The van der Waals surface area contributed by atoms with Crippen molar-refractivity contribution in [2.24, 2.45) is 11.8 Å². The van der Waals surface area contributed by atoms with Gasteiger partial charge in [0.2, 0.25) is 0 Å². The summed E-state index contributed by atoms with van der Waals surface area (Å²) in [5.41, 5.74) is 2.07. The molecule has 19 heavy (non-hydrogen) atoms. The Morgan fingerprint density at radius 1 is 1.16 bits per heavy atom. The average Bonchev–Trinajstić information content (AvgIpc) is 2.39. The zero-order chi connectivity index (χ0) is 13.2. The van der Waals surface area contributed by atoms with Gasteiger partial charge in [-0.05, 0) is 38.0 Å². The molecular weight excluding hydrogens is 234 g/mol. The van der Waals surface area contributed by atoms with Gasteiger partial charge in [-0.15, -0.1) is 0 Å². The number of carbonyl (C=O) groups is 1. The Balaban J connectivity index is 1.61. The quantitative estimate of drug-likeness (QED) is 0.774. The van der Waals surface area contributed by atoms with Crippen LogP contribution < -0.4 is 0 Å². The molecule has 2 aliphatic rings. The van der Waals surface area contributed by atoms with Gasteiger partial charge in [-0.25, -0.2) is 0 Å². The zero-order valence-corrected chi connectivity index (χ0v) is 11.8. The predicted molar refractivity (Wildman–Crippen MR) is 77.4 cm³/mol. The minimum Gasteiger partial charge on any atom is -0.295 e. The number of aryl methyl sites for hydroxylation is 1. The molecule has 0 aromatic heterocycles. The van der Waals surface area contributed by atoms with Crippen LogP contribution in [0.1, 0.15) is 41.6 Å². The number of benzene rings is 1. The maximum Gasteiger partial charge on any atom is 0.176 e. The molecule has 2 atom stereocenters. The number of rotatable bonds is 3. The standard InChI is InChI=1S/C17H23NO/c1-13-5-7-16(8-6-13)17(19)12-18-10-14-3-2-4-15(9-14)11-18/h5-8,14-15H,2-4,9-12H2,1H3. The molecule has 1 heterocycles. The van der Waals surface area contributed by atoms with Crippen molar-refractivity contribution in [3.05, 3.63) is 35.4 Å². The molecule has 2 nitrogen and oxygen atoms in total. The lowest BCUT2D eigenvalue weighted by molar-refractivity contribution is 0.0702. The van der Waals surface area contributed by atoms with Crippen LogP contribution in [0, 0.1) is 18.8 Å². The largest absolute Gasteiger partial charge is 0.295 e. The summed E-state index contributed by atoms with van der Waals surface area (Å²) in [5, 5.41) is 0. The zero-order valence-electron chi connectivity index (χ0n) is 11.8. The van der Waals surface area contributed by atoms with Crippen LogP contribution >= 0.6 is 0 Å². The number of fused-ring (bicyclic) bond motifs is 2. The van der Waals surface area contributed by atoms with Crippen LogP contribution in [0.2, 0.25) is 0 Å². The number of carbonyl (C=O) groups excluding carboxylic acids is 1. The lowest BCUT2D eigenvalue weighted by Crippen LogP contribution is -2.44. The number of ketones is 1. The van der Waals surface area contributed by atoms with Gasteiger partial charge in [0.15, 0.2) is 5.78 Å². The molecular formula is C17H23NO. The third-order valence-corrected chi connectivity index (χ3v) is 4.66. The van der Waals surface area contributed by atoms with Crippen molar-refractivity contribution in [2.45, 2.75) is 32.6 Å². The maximum absolute atomic E-state index is 12.3. The first-order valence-electron chi connectivity index (χ1n) is 7.53. The highest BCUT2D eigenvalue weighted by Gasteiger charge is 2.31. The molecule has 1 saturated heterocycles. The van der Waals surface area contributed by atoms with Gasteiger partial charge in [-0.3, -0.25) is 9.69 Å². The molecule has 1 aromatic carbocycles. The van der Waals surface area contributed by atoms with Crippen LogP contribution in [0.15, 0.2) is 24.3 Å². The maximum atomic E-state index is 12.3. The summed E-state index contributed by atoms with van der Waals surface area (Å²) >= 11 is 0. The highest BCUT2D eigenvalue weighted by molar-refractivity contribution is 5.97. The number of Topliss-reactive ketones (excluding diaryl/α,β-unsaturated/α-hetero) is 1. The van der Waals surface area contributed by atoms with Crippen molar-refractivity contribution in [1.29, 1.82) is 0 Å². The summed E-state index contributed by atoms with van der Waals surface area (Å²) in [4.78, 5) is 14.7. The van der Waals surface area contributed by atoms with Crippen LogP contribution in [0.25, 0.3) is 0 Å². The molecule has 2 bridgehead atoms. The van der Waals surface area contributed by atoms with E-state index in [-0.39, 0.29) is 5.78 Å². The SMILES string of the molecule is Cc1ccc(C(=O)CN2CC3CCCC(C3)C2)cc1. The van der Waals surface area contributed by atoms with Crippen molar-refractivity contribution in [1.82, 2.24) is 4.90 Å². The molecule has 1 aromatic rings. The van der Waals surface area contributed by atoms with E-state index in [9.17, 15) is 4.79 Å². The van der Waals surface area contributed by atoms with Crippen molar-refractivity contribution < 1.29 is 4.79 Å². The molecule has 3 rings (SSSR count). The topological polar surface area (TPSA) is 20.3 Å². The molecule has 1 aliphatic carbocycles. The van der Waals surface area contributed by atoms with Gasteiger partial charge in [0, 0.05) is 18.7 Å². The fourth-order valence-electron chi connectivity index (χ4n) is 3.70. The smallest absolute Gasteiger partial charge is 0.176 e. The molecule has 0 amide bonds. The molecule has 0 spiro atoms. The van der Waals surface area contributed by atoms with Crippen LogP contribution in [-0.2, 0) is 0 Å². The Kier molecular flexibility index (Phi) is 3.69. The van der Waals surface area contributed by atoms with Crippen LogP contribution in [0.4, 0.5) is 0 Å². The predicted octanol–water partition coefficient (Wildman–Crippen LogP) is 3.30. The van der Waals surface area contributed by atoms with E-state index in [1.807, 2.05) is 24.3 Å². The summed E-state index contributed by atoms with van der Waals surface area (Å²) in [5.74, 6) is 1.97. The first-order valence-corrected chi connectivity index (χ1v) is 7.53. The molecule has 2 unspecified atom stereocenters. The van der Waals surface area contributed by atoms with E-state index in [0.717, 1.165) is 30.5 Å². The fourth-order valence-corrected chi connectivity index (χ4v) is 3.70. The summed E-state index contributed by atoms with van der Waals surface area (Å²) in [6.45, 7) is 4.93. The molecule has 1 aliphatic heterocycles. The van der Waals surface area contributed by atoms with Crippen molar-refractivity contribution in [3.63, 3.8) is 0 Å². The second kappa shape index (κ2) is 5.46. The Labute approximate surface area is 115 Å². The number of nitrogens with zero attached hydrogens (tertiary/aromatic N) is 1. The van der Waals surface area contributed by atoms with Crippen molar-refractivity contribution >= 4 is 5.78 Å². The van der Waals surface area contributed by atoms with Crippen molar-refractivity contribution in [2.75, 3.05) is 19.6 Å². The van der Waals surface area contributed by atoms with Gasteiger partial charge in [0.05, 0.1) is 6.54 Å². The number of likely N-dealkylation sites (tertiary alicyclic amines) is 1. The first-order chi connectivity index (χ1) is 9.20. The van der Waals surface area contributed by atoms with Gasteiger partial charge in [-0.2, -0.15) is 0 Å². The number of hydrogen-bond acceptors (Lipinski definition) is 2. The fraction of sp³-hybridized carbons (Fsp3) is 0.588. The van der Waals surface area contributed by atoms with E-state index in [1.165, 1.54) is 31.2 Å². The van der Waals surface area contributed by atoms with Crippen LogP contribution in [0.5, 0.6) is 0 Å². The van der Waals surface area contributed by atoms with Gasteiger partial charge in [0.25, 0.3) is 0 Å². The van der Waals surface area contributed by atoms with E-state index in [2.05, 4.69) is 11.8 Å². The second-order valence-corrected chi connectivity index (χ2v) is 6.38. The minimum absolute atomic E-state index is 0.278. The molecule has 1 saturated carbocycles. The van der Waals surface area contributed by atoms with Gasteiger partial charge < -0.3 is 0 Å². The highest BCUT2D eigenvalue weighted by atomic mass is 16.1. The molecule has 2 heteroatoms. The Bertz CT molecular complexity index is 439. The lowest BCUT2D eigenvalue weighted by Gasteiger charge is -2.41.